The van der Waals surface area contributed by atoms with Crippen molar-refractivity contribution in [2.45, 2.75) is 38.0 Å². The number of hydrogen-bond acceptors (Lipinski definition) is 1. The maximum atomic E-state index is 11.0. The fraction of sp³-hybridized carbons (Fsp3) is 0.438. The predicted octanol–water partition coefficient (Wildman–Crippen LogP) is 3.23. The van der Waals surface area contributed by atoms with E-state index in [-0.39, 0.29) is 11.8 Å². The molecule has 2 N–H and O–H groups in total. The lowest BCUT2D eigenvalue weighted by atomic mass is 9.94. The van der Waals surface area contributed by atoms with Crippen LogP contribution in [0.5, 0.6) is 0 Å². The van der Waals surface area contributed by atoms with Crippen molar-refractivity contribution >= 4 is 16.9 Å². The number of aromatic amines is 1. The molecular formula is C16H17NO2. The molecule has 0 spiro atoms. The van der Waals surface area contributed by atoms with E-state index < -0.39 is 5.97 Å². The second-order valence-corrected chi connectivity index (χ2v) is 5.88. The molecule has 1 heterocycles. The first-order valence-electron chi connectivity index (χ1n) is 7.10. The molecule has 4 rings (SSSR count). The average molecular weight is 255 g/mol. The van der Waals surface area contributed by atoms with Gasteiger partial charge in [0.2, 0.25) is 0 Å². The average Bonchev–Trinajstić information content (AvgIpc) is 3.14. The van der Waals surface area contributed by atoms with Crippen LogP contribution >= 0.6 is 0 Å². The molecule has 0 aliphatic heterocycles. The lowest BCUT2D eigenvalue weighted by molar-refractivity contribution is -0.138. The summed E-state index contributed by atoms with van der Waals surface area (Å²) >= 11 is 0. The SMILES string of the molecule is O=C(O)C1CC1c1ccc2[nH]c3c(c2c1)CCCC3. The Morgan fingerprint density at radius 2 is 2.11 bits per heavy atom. The van der Waals surface area contributed by atoms with Gasteiger partial charge in [-0.3, -0.25) is 4.79 Å². The minimum atomic E-state index is -0.652. The molecular weight excluding hydrogens is 238 g/mol. The van der Waals surface area contributed by atoms with Crippen LogP contribution in [0.15, 0.2) is 18.2 Å². The Morgan fingerprint density at radius 1 is 1.26 bits per heavy atom. The van der Waals surface area contributed by atoms with Crippen molar-refractivity contribution in [1.82, 2.24) is 4.98 Å². The standard InChI is InChI=1S/C16H17NO2/c18-16(19)13-8-11(13)9-5-6-15-12(7-9)10-3-1-2-4-14(10)17-15/h5-7,11,13,17H,1-4,8H2,(H,18,19). The molecule has 0 radical (unpaired) electrons. The van der Waals surface area contributed by atoms with Gasteiger partial charge in [0, 0.05) is 16.6 Å². The van der Waals surface area contributed by atoms with Gasteiger partial charge in [0.05, 0.1) is 5.92 Å². The van der Waals surface area contributed by atoms with E-state index in [0.29, 0.717) is 0 Å². The van der Waals surface area contributed by atoms with Crippen molar-refractivity contribution in [2.24, 2.45) is 5.92 Å². The van der Waals surface area contributed by atoms with Gasteiger partial charge in [0.25, 0.3) is 0 Å². The molecule has 0 saturated heterocycles. The van der Waals surface area contributed by atoms with Gasteiger partial charge in [-0.1, -0.05) is 6.07 Å². The maximum absolute atomic E-state index is 11.0. The highest BCUT2D eigenvalue weighted by Gasteiger charge is 2.44. The van der Waals surface area contributed by atoms with Crippen LogP contribution in [0.25, 0.3) is 10.9 Å². The molecule has 0 bridgehead atoms. The number of carbonyl (C=O) groups is 1. The van der Waals surface area contributed by atoms with Gasteiger partial charge >= 0.3 is 5.97 Å². The number of nitrogens with one attached hydrogen (secondary N) is 1. The first-order chi connectivity index (χ1) is 9.24. The fourth-order valence-corrected chi connectivity index (χ4v) is 3.49. The highest BCUT2D eigenvalue weighted by molar-refractivity contribution is 5.86. The van der Waals surface area contributed by atoms with Crippen LogP contribution in [-0.2, 0) is 17.6 Å². The van der Waals surface area contributed by atoms with Crippen molar-refractivity contribution in [1.29, 1.82) is 0 Å². The van der Waals surface area contributed by atoms with E-state index in [4.69, 9.17) is 5.11 Å². The summed E-state index contributed by atoms with van der Waals surface area (Å²) < 4.78 is 0. The van der Waals surface area contributed by atoms with Crippen molar-refractivity contribution < 1.29 is 9.90 Å². The number of aromatic nitrogens is 1. The third kappa shape index (κ3) is 1.68. The summed E-state index contributed by atoms with van der Waals surface area (Å²) in [6.45, 7) is 0. The van der Waals surface area contributed by atoms with Crippen molar-refractivity contribution in [3.63, 3.8) is 0 Å². The second kappa shape index (κ2) is 3.86. The Kier molecular flexibility index (Phi) is 2.25. The normalized spacial score (nSPS) is 25.3. The number of hydrogen-bond donors (Lipinski definition) is 2. The largest absolute Gasteiger partial charge is 0.481 e. The predicted molar refractivity (Wildman–Crippen MR) is 73.4 cm³/mol. The monoisotopic (exact) mass is 255 g/mol. The van der Waals surface area contributed by atoms with Gasteiger partial charge in [-0.25, -0.2) is 0 Å². The van der Waals surface area contributed by atoms with E-state index in [1.165, 1.54) is 40.6 Å². The number of benzene rings is 1. The Labute approximate surface area is 111 Å². The van der Waals surface area contributed by atoms with E-state index >= 15 is 0 Å². The summed E-state index contributed by atoms with van der Waals surface area (Å²) in [5.41, 5.74) is 5.27. The molecule has 19 heavy (non-hydrogen) atoms. The van der Waals surface area contributed by atoms with Gasteiger partial charge in [-0.2, -0.15) is 0 Å². The Balaban J connectivity index is 1.77. The third-order valence-electron chi connectivity index (χ3n) is 4.66. The van der Waals surface area contributed by atoms with E-state index in [2.05, 4.69) is 23.2 Å². The molecule has 2 aliphatic rings. The van der Waals surface area contributed by atoms with E-state index in [0.717, 1.165) is 19.3 Å². The van der Waals surface area contributed by atoms with Gasteiger partial charge in [-0.15, -0.1) is 0 Å². The van der Waals surface area contributed by atoms with Crippen LogP contribution in [0.4, 0.5) is 0 Å². The second-order valence-electron chi connectivity index (χ2n) is 5.88. The topological polar surface area (TPSA) is 53.1 Å². The lowest BCUT2D eigenvalue weighted by Gasteiger charge is -2.10. The quantitative estimate of drug-likeness (QED) is 0.865. The highest BCUT2D eigenvalue weighted by atomic mass is 16.4. The van der Waals surface area contributed by atoms with Gasteiger partial charge < -0.3 is 10.1 Å². The third-order valence-corrected chi connectivity index (χ3v) is 4.66. The molecule has 98 valence electrons. The summed E-state index contributed by atoms with van der Waals surface area (Å²) in [6.07, 6.45) is 5.65. The van der Waals surface area contributed by atoms with Crippen LogP contribution in [0, 0.1) is 5.92 Å². The molecule has 1 aromatic heterocycles. The zero-order valence-corrected chi connectivity index (χ0v) is 10.8. The number of carboxylic acid groups (broad SMARTS) is 1. The first kappa shape index (κ1) is 11.1. The Bertz CT molecular complexity index is 671. The van der Waals surface area contributed by atoms with Crippen molar-refractivity contribution in [3.8, 4) is 0 Å². The van der Waals surface area contributed by atoms with Crippen LogP contribution in [0.3, 0.4) is 0 Å². The van der Waals surface area contributed by atoms with E-state index in [1.54, 1.807) is 0 Å². The first-order valence-corrected chi connectivity index (χ1v) is 7.10. The van der Waals surface area contributed by atoms with Crippen LogP contribution in [0.2, 0.25) is 0 Å². The smallest absolute Gasteiger partial charge is 0.307 e. The number of aliphatic carboxylic acids is 1. The van der Waals surface area contributed by atoms with Crippen LogP contribution in [0.1, 0.15) is 42.0 Å². The molecule has 2 aromatic rings. The number of rotatable bonds is 2. The Hall–Kier alpha value is -1.77. The highest BCUT2D eigenvalue weighted by Crippen LogP contribution is 2.48. The van der Waals surface area contributed by atoms with Gasteiger partial charge in [0.15, 0.2) is 0 Å². The van der Waals surface area contributed by atoms with Crippen LogP contribution < -0.4 is 0 Å². The number of H-pyrrole nitrogens is 1. The van der Waals surface area contributed by atoms with Gasteiger partial charge in [-0.05, 0) is 61.3 Å². The van der Waals surface area contributed by atoms with Crippen LogP contribution in [-0.4, -0.2) is 16.1 Å². The minimum Gasteiger partial charge on any atom is -0.481 e. The number of carboxylic acids is 1. The van der Waals surface area contributed by atoms with Crippen molar-refractivity contribution in [3.05, 3.63) is 35.0 Å². The van der Waals surface area contributed by atoms with Crippen molar-refractivity contribution in [2.75, 3.05) is 0 Å². The lowest BCUT2D eigenvalue weighted by Crippen LogP contribution is -2.00. The minimum absolute atomic E-state index is 0.160. The van der Waals surface area contributed by atoms with E-state index in [9.17, 15) is 4.79 Å². The zero-order chi connectivity index (χ0) is 13.0. The Morgan fingerprint density at radius 3 is 2.89 bits per heavy atom. The van der Waals surface area contributed by atoms with E-state index in [1.807, 2.05) is 0 Å². The molecule has 2 unspecified atom stereocenters. The molecule has 2 aliphatic carbocycles. The molecule has 0 amide bonds. The molecule has 1 saturated carbocycles. The molecule has 3 nitrogen and oxygen atoms in total. The summed E-state index contributed by atoms with van der Waals surface area (Å²) in [7, 11) is 0. The summed E-state index contributed by atoms with van der Waals surface area (Å²) in [5, 5.41) is 10.4. The summed E-state index contributed by atoms with van der Waals surface area (Å²) in [5.74, 6) is -0.579. The maximum Gasteiger partial charge on any atom is 0.307 e. The molecule has 2 atom stereocenters. The molecule has 3 heteroatoms. The molecule has 1 fully saturated rings. The summed E-state index contributed by atoms with van der Waals surface area (Å²) in [4.78, 5) is 14.5. The molecule has 1 aromatic carbocycles. The number of aryl methyl sites for hydroxylation is 2. The summed E-state index contributed by atoms with van der Waals surface area (Å²) in [6, 6.07) is 6.45. The number of fused-ring (bicyclic) bond motifs is 3. The fourth-order valence-electron chi connectivity index (χ4n) is 3.49. The zero-order valence-electron chi connectivity index (χ0n) is 10.8. The van der Waals surface area contributed by atoms with Gasteiger partial charge in [0.1, 0.15) is 0 Å².